The molecule has 2 aromatic rings. The Balaban J connectivity index is 1.99. The van der Waals surface area contributed by atoms with E-state index in [1.165, 1.54) is 18.2 Å². The largest absolute Gasteiger partial charge is 0.489 e. The number of ether oxygens (including phenoxy) is 1. The molecule has 23 heavy (non-hydrogen) atoms. The lowest BCUT2D eigenvalue weighted by Gasteiger charge is -2.15. The molecule has 2 amide bonds. The number of amides is 2. The highest BCUT2D eigenvalue weighted by Crippen LogP contribution is 2.26. The molecular weight excluding hydrogens is 295 g/mol. The second-order valence-electron chi connectivity index (χ2n) is 5.60. The first-order valence-corrected chi connectivity index (χ1v) is 7.50. The summed E-state index contributed by atoms with van der Waals surface area (Å²) in [5.74, 6) is 0.00169. The third-order valence-corrected chi connectivity index (χ3v) is 3.13. The zero-order valence-electron chi connectivity index (χ0n) is 13.5. The summed E-state index contributed by atoms with van der Waals surface area (Å²) >= 11 is 0. The maximum Gasteiger partial charge on any atom is 0.319 e. The van der Waals surface area contributed by atoms with Crippen molar-refractivity contribution in [2.45, 2.75) is 33.4 Å². The lowest BCUT2D eigenvalue weighted by Crippen LogP contribution is -2.28. The third kappa shape index (κ3) is 5.29. The molecule has 0 aliphatic rings. The van der Waals surface area contributed by atoms with Gasteiger partial charge in [0.2, 0.25) is 0 Å². The first-order valence-electron chi connectivity index (χ1n) is 7.50. The smallest absolute Gasteiger partial charge is 0.319 e. The molecule has 0 aliphatic carbocycles. The third-order valence-electron chi connectivity index (χ3n) is 3.13. The number of carbonyl (C=O) groups is 1. The molecule has 122 valence electrons. The van der Waals surface area contributed by atoms with E-state index in [0.717, 1.165) is 11.1 Å². The SMILES string of the molecule is Cc1ccc(CNC(=O)Nc2cc(F)ccc2OC(C)C)cc1. The predicted octanol–water partition coefficient (Wildman–Crippen LogP) is 4.24. The van der Waals surface area contributed by atoms with Crippen molar-refractivity contribution in [2.75, 3.05) is 5.32 Å². The van der Waals surface area contributed by atoms with Gasteiger partial charge in [-0.2, -0.15) is 0 Å². The van der Waals surface area contributed by atoms with E-state index < -0.39 is 11.8 Å². The first kappa shape index (κ1) is 16.8. The Kier molecular flexibility index (Phi) is 5.57. The van der Waals surface area contributed by atoms with Gasteiger partial charge in [-0.05, 0) is 38.5 Å². The summed E-state index contributed by atoms with van der Waals surface area (Å²) < 4.78 is 19.0. The Morgan fingerprint density at radius 3 is 2.52 bits per heavy atom. The molecule has 0 saturated carbocycles. The van der Waals surface area contributed by atoms with Gasteiger partial charge in [-0.15, -0.1) is 0 Å². The number of hydrogen-bond acceptors (Lipinski definition) is 2. The molecule has 0 unspecified atom stereocenters. The molecule has 0 spiro atoms. The van der Waals surface area contributed by atoms with Gasteiger partial charge in [0.05, 0.1) is 11.8 Å². The first-order chi connectivity index (χ1) is 10.9. The average Bonchev–Trinajstić information content (AvgIpc) is 2.49. The fraction of sp³-hybridized carbons (Fsp3) is 0.278. The van der Waals surface area contributed by atoms with Crippen LogP contribution in [0.4, 0.5) is 14.9 Å². The van der Waals surface area contributed by atoms with Crippen molar-refractivity contribution in [1.29, 1.82) is 0 Å². The van der Waals surface area contributed by atoms with Gasteiger partial charge in [0.25, 0.3) is 0 Å². The number of benzene rings is 2. The van der Waals surface area contributed by atoms with E-state index >= 15 is 0 Å². The number of hydrogen-bond donors (Lipinski definition) is 2. The highest BCUT2D eigenvalue weighted by Gasteiger charge is 2.10. The number of rotatable bonds is 5. The molecule has 2 N–H and O–H groups in total. The molecule has 0 saturated heterocycles. The molecule has 5 heteroatoms. The van der Waals surface area contributed by atoms with Crippen molar-refractivity contribution in [3.05, 3.63) is 59.4 Å². The summed E-state index contributed by atoms with van der Waals surface area (Å²) in [6, 6.07) is 11.5. The molecule has 0 aromatic heterocycles. The van der Waals surface area contributed by atoms with Crippen molar-refractivity contribution in [3.63, 3.8) is 0 Å². The molecule has 0 heterocycles. The lowest BCUT2D eigenvalue weighted by molar-refractivity contribution is 0.241. The average molecular weight is 316 g/mol. The van der Waals surface area contributed by atoms with Crippen molar-refractivity contribution in [2.24, 2.45) is 0 Å². The van der Waals surface area contributed by atoms with Gasteiger partial charge in [-0.25, -0.2) is 9.18 Å². The Morgan fingerprint density at radius 1 is 1.17 bits per heavy atom. The van der Waals surface area contributed by atoms with Crippen LogP contribution in [0.3, 0.4) is 0 Å². The van der Waals surface area contributed by atoms with Crippen LogP contribution < -0.4 is 15.4 Å². The van der Waals surface area contributed by atoms with Gasteiger partial charge < -0.3 is 15.4 Å². The minimum absolute atomic E-state index is 0.0726. The van der Waals surface area contributed by atoms with Crippen LogP contribution in [0.2, 0.25) is 0 Å². The van der Waals surface area contributed by atoms with E-state index in [2.05, 4.69) is 10.6 Å². The van der Waals surface area contributed by atoms with Crippen LogP contribution in [-0.2, 0) is 6.54 Å². The number of urea groups is 1. The van der Waals surface area contributed by atoms with Crippen LogP contribution in [-0.4, -0.2) is 12.1 Å². The Bertz CT molecular complexity index is 669. The van der Waals surface area contributed by atoms with E-state index in [0.29, 0.717) is 18.0 Å². The summed E-state index contributed by atoms with van der Waals surface area (Å²) in [7, 11) is 0. The van der Waals surface area contributed by atoms with Crippen molar-refractivity contribution in [3.8, 4) is 5.75 Å². The van der Waals surface area contributed by atoms with Crippen LogP contribution in [0.15, 0.2) is 42.5 Å². The fourth-order valence-corrected chi connectivity index (χ4v) is 2.01. The summed E-state index contributed by atoms with van der Waals surface area (Å²) in [5.41, 5.74) is 2.46. The number of carbonyl (C=O) groups excluding carboxylic acids is 1. The monoisotopic (exact) mass is 316 g/mol. The Hall–Kier alpha value is -2.56. The van der Waals surface area contributed by atoms with Gasteiger partial charge in [0.15, 0.2) is 0 Å². The molecule has 0 atom stereocenters. The number of anilines is 1. The van der Waals surface area contributed by atoms with E-state index in [4.69, 9.17) is 4.74 Å². The number of aryl methyl sites for hydroxylation is 1. The maximum atomic E-state index is 13.4. The highest BCUT2D eigenvalue weighted by atomic mass is 19.1. The molecule has 2 rings (SSSR count). The quantitative estimate of drug-likeness (QED) is 0.866. The van der Waals surface area contributed by atoms with Crippen LogP contribution in [0, 0.1) is 12.7 Å². The van der Waals surface area contributed by atoms with Gasteiger partial charge >= 0.3 is 6.03 Å². The maximum absolute atomic E-state index is 13.4. The summed E-state index contributed by atoms with van der Waals surface area (Å²) in [4.78, 5) is 12.0. The zero-order chi connectivity index (χ0) is 16.8. The molecule has 0 bridgehead atoms. The van der Waals surface area contributed by atoms with E-state index in [1.54, 1.807) is 0 Å². The van der Waals surface area contributed by atoms with Crippen LogP contribution in [0.1, 0.15) is 25.0 Å². The van der Waals surface area contributed by atoms with Crippen LogP contribution >= 0.6 is 0 Å². The van der Waals surface area contributed by atoms with Crippen LogP contribution in [0.5, 0.6) is 5.75 Å². The van der Waals surface area contributed by atoms with Gasteiger partial charge in [0.1, 0.15) is 11.6 Å². The number of halogens is 1. The predicted molar refractivity (Wildman–Crippen MR) is 89.2 cm³/mol. The summed E-state index contributed by atoms with van der Waals surface area (Å²) in [5, 5.41) is 5.36. The van der Waals surface area contributed by atoms with Gasteiger partial charge in [-0.3, -0.25) is 0 Å². The minimum Gasteiger partial charge on any atom is -0.489 e. The summed E-state index contributed by atoms with van der Waals surface area (Å²) in [6.45, 7) is 6.13. The molecular formula is C18H21FN2O2. The van der Waals surface area contributed by atoms with E-state index in [1.807, 2.05) is 45.0 Å². The standard InChI is InChI=1S/C18H21FN2O2/c1-12(2)23-17-9-8-15(19)10-16(17)21-18(22)20-11-14-6-4-13(3)5-7-14/h4-10,12H,11H2,1-3H3,(H2,20,21,22). The number of nitrogens with one attached hydrogen (secondary N) is 2. The Morgan fingerprint density at radius 2 is 1.87 bits per heavy atom. The fourth-order valence-electron chi connectivity index (χ4n) is 2.01. The van der Waals surface area contributed by atoms with E-state index in [-0.39, 0.29) is 6.10 Å². The molecule has 2 aromatic carbocycles. The molecule has 0 radical (unpaired) electrons. The second kappa shape index (κ2) is 7.63. The zero-order valence-corrected chi connectivity index (χ0v) is 13.5. The van der Waals surface area contributed by atoms with Gasteiger partial charge in [0, 0.05) is 12.6 Å². The van der Waals surface area contributed by atoms with E-state index in [9.17, 15) is 9.18 Å². The minimum atomic E-state index is -0.435. The van der Waals surface area contributed by atoms with Crippen molar-refractivity contribution in [1.82, 2.24) is 5.32 Å². The normalized spacial score (nSPS) is 10.5. The van der Waals surface area contributed by atoms with Gasteiger partial charge in [-0.1, -0.05) is 29.8 Å². The topological polar surface area (TPSA) is 50.4 Å². The highest BCUT2D eigenvalue weighted by molar-refractivity contribution is 5.90. The molecule has 0 aliphatic heterocycles. The van der Waals surface area contributed by atoms with Crippen molar-refractivity contribution < 1.29 is 13.9 Å². The molecule has 4 nitrogen and oxygen atoms in total. The summed E-state index contributed by atoms with van der Waals surface area (Å²) in [6.07, 6.45) is -0.0726. The van der Waals surface area contributed by atoms with Crippen LogP contribution in [0.25, 0.3) is 0 Å². The van der Waals surface area contributed by atoms with Crippen molar-refractivity contribution >= 4 is 11.7 Å². The Labute approximate surface area is 135 Å². The second-order valence-corrected chi connectivity index (χ2v) is 5.60. The lowest BCUT2D eigenvalue weighted by atomic mass is 10.1. The molecule has 0 fully saturated rings.